The molecule has 2 rings (SSSR count). The predicted molar refractivity (Wildman–Crippen MR) is 62.9 cm³/mol. The van der Waals surface area contributed by atoms with E-state index in [2.05, 4.69) is 11.2 Å². The molecule has 78 valence electrons. The van der Waals surface area contributed by atoms with Gasteiger partial charge in [0.05, 0.1) is 0 Å². The number of nitrogen functional groups attached to an aromatic ring is 1. The van der Waals surface area contributed by atoms with E-state index >= 15 is 0 Å². The zero-order chi connectivity index (χ0) is 10.8. The van der Waals surface area contributed by atoms with Gasteiger partial charge in [0.1, 0.15) is 0 Å². The first kappa shape index (κ1) is 10.1. The first-order chi connectivity index (χ1) is 7.24. The molecular weight excluding hydrogens is 208 g/mol. The molecule has 0 amide bonds. The summed E-state index contributed by atoms with van der Waals surface area (Å²) in [5.41, 5.74) is 7.61. The minimum absolute atomic E-state index is 0.459. The number of thioether (sulfide) groups is 1. The average molecular weight is 220 g/mol. The maximum Gasteiger partial charge on any atom is 0.173 e. The monoisotopic (exact) mass is 220 g/mol. The lowest BCUT2D eigenvalue weighted by Gasteiger charge is -2.03. The van der Waals surface area contributed by atoms with Crippen molar-refractivity contribution in [1.82, 2.24) is 5.16 Å². The summed E-state index contributed by atoms with van der Waals surface area (Å²) in [4.78, 5) is 1.16. The van der Waals surface area contributed by atoms with Crippen molar-refractivity contribution in [3.63, 3.8) is 0 Å². The quantitative estimate of drug-likeness (QED) is 0.790. The molecule has 0 aliphatic rings. The van der Waals surface area contributed by atoms with Crippen LogP contribution in [0.3, 0.4) is 0 Å². The number of rotatable bonds is 2. The summed E-state index contributed by atoms with van der Waals surface area (Å²) < 4.78 is 5.24. The van der Waals surface area contributed by atoms with Crippen LogP contribution in [-0.4, -0.2) is 11.4 Å². The van der Waals surface area contributed by atoms with Gasteiger partial charge in [-0.05, 0) is 25.3 Å². The number of benzene rings is 1. The molecule has 3 nitrogen and oxygen atoms in total. The lowest BCUT2D eigenvalue weighted by atomic mass is 10.1. The lowest BCUT2D eigenvalue weighted by molar-refractivity contribution is 0.434. The van der Waals surface area contributed by atoms with E-state index in [-0.39, 0.29) is 0 Å². The summed E-state index contributed by atoms with van der Waals surface area (Å²) in [5.74, 6) is 1.22. The van der Waals surface area contributed by atoms with Gasteiger partial charge in [-0.15, -0.1) is 11.8 Å². The highest BCUT2D eigenvalue weighted by Gasteiger charge is 2.13. The number of anilines is 1. The zero-order valence-corrected chi connectivity index (χ0v) is 9.47. The van der Waals surface area contributed by atoms with Crippen molar-refractivity contribution in [2.75, 3.05) is 12.0 Å². The second kappa shape index (κ2) is 3.98. The van der Waals surface area contributed by atoms with Crippen molar-refractivity contribution in [3.8, 4) is 11.3 Å². The third kappa shape index (κ3) is 1.72. The molecule has 1 aromatic carbocycles. The number of aromatic nitrogens is 1. The normalized spacial score (nSPS) is 10.5. The zero-order valence-electron chi connectivity index (χ0n) is 8.65. The van der Waals surface area contributed by atoms with E-state index in [1.165, 1.54) is 0 Å². The van der Waals surface area contributed by atoms with Gasteiger partial charge >= 0.3 is 0 Å². The smallest absolute Gasteiger partial charge is 0.173 e. The van der Waals surface area contributed by atoms with E-state index in [0.717, 1.165) is 21.8 Å². The van der Waals surface area contributed by atoms with Gasteiger partial charge in [0.15, 0.2) is 11.6 Å². The molecule has 0 aliphatic heterocycles. The fourth-order valence-corrected chi connectivity index (χ4v) is 2.03. The van der Waals surface area contributed by atoms with Crippen LogP contribution in [0.4, 0.5) is 5.82 Å². The molecule has 4 heteroatoms. The molecular formula is C11H12N2OS. The maximum atomic E-state index is 5.66. The predicted octanol–water partition coefficient (Wildman–Crippen LogP) is 2.95. The van der Waals surface area contributed by atoms with Crippen LogP contribution in [0.5, 0.6) is 0 Å². The second-order valence-electron chi connectivity index (χ2n) is 3.22. The lowest BCUT2D eigenvalue weighted by Crippen LogP contribution is -1.87. The molecule has 15 heavy (non-hydrogen) atoms. The molecule has 0 unspecified atom stereocenters. The number of nitrogens with two attached hydrogens (primary N) is 1. The average Bonchev–Trinajstić information content (AvgIpc) is 2.60. The maximum absolute atomic E-state index is 5.66. The van der Waals surface area contributed by atoms with Gasteiger partial charge in [-0.25, -0.2) is 0 Å². The van der Waals surface area contributed by atoms with E-state index in [9.17, 15) is 0 Å². The SMILES string of the molecule is CSc1ccccc1-c1onc(N)c1C. The molecule has 0 spiro atoms. The van der Waals surface area contributed by atoms with E-state index in [0.29, 0.717) is 5.82 Å². The summed E-state index contributed by atoms with van der Waals surface area (Å²) >= 11 is 1.68. The van der Waals surface area contributed by atoms with E-state index in [1.54, 1.807) is 11.8 Å². The van der Waals surface area contributed by atoms with E-state index in [4.69, 9.17) is 10.3 Å². The van der Waals surface area contributed by atoms with Crippen molar-refractivity contribution < 1.29 is 4.52 Å². The van der Waals surface area contributed by atoms with E-state index in [1.807, 2.05) is 31.4 Å². The highest BCUT2D eigenvalue weighted by atomic mass is 32.2. The van der Waals surface area contributed by atoms with Gasteiger partial charge in [-0.2, -0.15) is 0 Å². The molecule has 0 bridgehead atoms. The summed E-state index contributed by atoms with van der Waals surface area (Å²) in [7, 11) is 0. The second-order valence-corrected chi connectivity index (χ2v) is 4.07. The van der Waals surface area contributed by atoms with Crippen LogP contribution in [0.15, 0.2) is 33.7 Å². The highest BCUT2D eigenvalue weighted by molar-refractivity contribution is 7.98. The molecule has 2 aromatic rings. The molecule has 0 saturated heterocycles. The molecule has 2 N–H and O–H groups in total. The Morgan fingerprint density at radius 3 is 2.67 bits per heavy atom. The summed E-state index contributed by atoms with van der Waals surface area (Å²) in [5, 5.41) is 3.76. The van der Waals surface area contributed by atoms with Crippen LogP contribution in [0, 0.1) is 6.92 Å². The third-order valence-electron chi connectivity index (χ3n) is 2.31. The van der Waals surface area contributed by atoms with Gasteiger partial charge in [0.2, 0.25) is 0 Å². The Morgan fingerprint density at radius 1 is 1.33 bits per heavy atom. The van der Waals surface area contributed by atoms with Gasteiger partial charge in [-0.1, -0.05) is 17.3 Å². The number of hydrogen-bond donors (Lipinski definition) is 1. The molecule has 0 atom stereocenters. The fraction of sp³-hybridized carbons (Fsp3) is 0.182. The van der Waals surface area contributed by atoms with Crippen LogP contribution < -0.4 is 5.73 Å². The van der Waals surface area contributed by atoms with Crippen molar-refractivity contribution in [1.29, 1.82) is 0 Å². The van der Waals surface area contributed by atoms with E-state index < -0.39 is 0 Å². The van der Waals surface area contributed by atoms with Crippen LogP contribution in [0.25, 0.3) is 11.3 Å². The molecule has 0 saturated carbocycles. The van der Waals surface area contributed by atoms with Gasteiger partial charge < -0.3 is 10.3 Å². The first-order valence-electron chi connectivity index (χ1n) is 4.59. The van der Waals surface area contributed by atoms with Crippen LogP contribution in [0.1, 0.15) is 5.56 Å². The Kier molecular flexibility index (Phi) is 2.68. The number of hydrogen-bond acceptors (Lipinski definition) is 4. The Hall–Kier alpha value is -1.42. The first-order valence-corrected chi connectivity index (χ1v) is 5.81. The van der Waals surface area contributed by atoms with Gasteiger partial charge in [-0.3, -0.25) is 0 Å². The van der Waals surface area contributed by atoms with Crippen molar-refractivity contribution in [2.45, 2.75) is 11.8 Å². The third-order valence-corrected chi connectivity index (χ3v) is 3.11. The Morgan fingerprint density at radius 2 is 2.07 bits per heavy atom. The molecule has 1 aromatic heterocycles. The summed E-state index contributed by atoms with van der Waals surface area (Å²) in [6, 6.07) is 8.05. The van der Waals surface area contributed by atoms with Crippen LogP contribution >= 0.6 is 11.8 Å². The summed E-state index contributed by atoms with van der Waals surface area (Å²) in [6.45, 7) is 1.91. The standard InChI is InChI=1S/C11H12N2OS/c1-7-10(14-13-11(7)12)8-5-3-4-6-9(8)15-2/h3-6H,1-2H3,(H2,12,13). The van der Waals surface area contributed by atoms with Gasteiger partial charge in [0, 0.05) is 16.0 Å². The highest BCUT2D eigenvalue weighted by Crippen LogP contribution is 2.33. The van der Waals surface area contributed by atoms with Crippen molar-refractivity contribution in [3.05, 3.63) is 29.8 Å². The van der Waals surface area contributed by atoms with Crippen LogP contribution in [-0.2, 0) is 0 Å². The Labute approximate surface area is 92.6 Å². The van der Waals surface area contributed by atoms with Crippen molar-refractivity contribution in [2.24, 2.45) is 0 Å². The summed E-state index contributed by atoms with van der Waals surface area (Å²) in [6.07, 6.45) is 2.04. The van der Waals surface area contributed by atoms with Crippen LogP contribution in [0.2, 0.25) is 0 Å². The Bertz CT molecular complexity index is 479. The largest absolute Gasteiger partial charge is 0.381 e. The molecule has 0 aliphatic carbocycles. The molecule has 0 fully saturated rings. The number of nitrogens with zero attached hydrogens (tertiary/aromatic N) is 1. The minimum atomic E-state index is 0.459. The minimum Gasteiger partial charge on any atom is -0.381 e. The Balaban J connectivity index is 2.58. The molecule has 1 heterocycles. The molecule has 0 radical (unpaired) electrons. The van der Waals surface area contributed by atoms with Gasteiger partial charge in [0.25, 0.3) is 0 Å². The topological polar surface area (TPSA) is 52.0 Å². The van der Waals surface area contributed by atoms with Crippen molar-refractivity contribution >= 4 is 17.6 Å². The fourth-order valence-electron chi connectivity index (χ4n) is 1.43.